The van der Waals surface area contributed by atoms with Gasteiger partial charge in [-0.15, -0.1) is 11.3 Å². The highest BCUT2D eigenvalue weighted by Crippen LogP contribution is 2.30. The molecule has 1 amide bonds. The molecule has 2 nitrogen and oxygen atoms in total. The summed E-state index contributed by atoms with van der Waals surface area (Å²) in [5.41, 5.74) is 2.18. The van der Waals surface area contributed by atoms with Gasteiger partial charge in [-0.2, -0.15) is 0 Å². The molecular weight excluding hydrogens is 417 g/mol. The summed E-state index contributed by atoms with van der Waals surface area (Å²) in [6, 6.07) is 7.56. The fourth-order valence-electron chi connectivity index (χ4n) is 2.55. The summed E-state index contributed by atoms with van der Waals surface area (Å²) < 4.78 is 0.951. The lowest BCUT2D eigenvalue weighted by molar-refractivity contribution is 0.103. The number of thiophene rings is 1. The maximum absolute atomic E-state index is 12.4. The van der Waals surface area contributed by atoms with Crippen molar-refractivity contribution in [2.24, 2.45) is 0 Å². The van der Waals surface area contributed by atoms with Gasteiger partial charge in [-0.1, -0.05) is 18.0 Å². The average Bonchev–Trinajstić information content (AvgIpc) is 2.73. The van der Waals surface area contributed by atoms with Gasteiger partial charge in [-0.05, 0) is 78.1 Å². The number of carbonyl (C=O) groups excluding carboxylic acids is 1. The topological polar surface area (TPSA) is 29.1 Å². The summed E-state index contributed by atoms with van der Waals surface area (Å²) in [7, 11) is 0. The van der Waals surface area contributed by atoms with Crippen LogP contribution in [-0.4, -0.2) is 5.91 Å². The van der Waals surface area contributed by atoms with Gasteiger partial charge in [-0.3, -0.25) is 4.79 Å². The number of rotatable bonds is 2. The second-order valence-corrected chi connectivity index (χ2v) is 7.93. The van der Waals surface area contributed by atoms with E-state index in [1.165, 1.54) is 29.7 Å². The van der Waals surface area contributed by atoms with Crippen LogP contribution in [0.2, 0.25) is 5.02 Å². The van der Waals surface area contributed by atoms with Gasteiger partial charge >= 0.3 is 0 Å². The molecular formula is C16H15ClINOS. The van der Waals surface area contributed by atoms with Crippen molar-refractivity contribution in [1.29, 1.82) is 0 Å². The van der Waals surface area contributed by atoms with Gasteiger partial charge < -0.3 is 5.32 Å². The molecule has 0 atom stereocenters. The lowest BCUT2D eigenvalue weighted by Crippen LogP contribution is -2.11. The first kappa shape index (κ1) is 15.3. The van der Waals surface area contributed by atoms with Crippen molar-refractivity contribution in [3.05, 3.63) is 48.2 Å². The minimum Gasteiger partial charge on any atom is -0.320 e. The van der Waals surface area contributed by atoms with Gasteiger partial charge in [0.15, 0.2) is 0 Å². The van der Waals surface area contributed by atoms with Crippen LogP contribution < -0.4 is 5.32 Å². The van der Waals surface area contributed by atoms with Crippen molar-refractivity contribution in [3.8, 4) is 0 Å². The van der Waals surface area contributed by atoms with E-state index in [4.69, 9.17) is 11.6 Å². The molecule has 0 radical (unpaired) electrons. The predicted molar refractivity (Wildman–Crippen MR) is 97.7 cm³/mol. The summed E-state index contributed by atoms with van der Waals surface area (Å²) in [5, 5.41) is 3.66. The van der Waals surface area contributed by atoms with Gasteiger partial charge in [0.25, 0.3) is 5.91 Å². The second-order valence-electron chi connectivity index (χ2n) is 5.20. The number of halogens is 2. The molecule has 110 valence electrons. The zero-order valence-electron chi connectivity index (χ0n) is 11.4. The number of benzene rings is 1. The van der Waals surface area contributed by atoms with Gasteiger partial charge in [0.05, 0.1) is 10.6 Å². The highest BCUT2D eigenvalue weighted by Gasteiger charge is 2.17. The van der Waals surface area contributed by atoms with Gasteiger partial charge in [0, 0.05) is 13.5 Å². The summed E-state index contributed by atoms with van der Waals surface area (Å²) in [6.07, 6.45) is 6.00. The van der Waals surface area contributed by atoms with Crippen molar-refractivity contribution in [2.75, 3.05) is 5.32 Å². The number of nitrogens with one attached hydrogen (secondary N) is 1. The van der Waals surface area contributed by atoms with Crippen molar-refractivity contribution in [3.63, 3.8) is 0 Å². The Hall–Kier alpha value is -0.590. The van der Waals surface area contributed by atoms with Gasteiger partial charge in [0.2, 0.25) is 0 Å². The van der Waals surface area contributed by atoms with Crippen LogP contribution in [0.5, 0.6) is 0 Å². The maximum atomic E-state index is 12.4. The Morgan fingerprint density at radius 2 is 2.00 bits per heavy atom. The molecule has 1 aromatic carbocycles. The van der Waals surface area contributed by atoms with Crippen molar-refractivity contribution in [1.82, 2.24) is 0 Å². The third-order valence-electron chi connectivity index (χ3n) is 3.65. The molecule has 2 aromatic rings. The van der Waals surface area contributed by atoms with Crippen LogP contribution in [0.4, 0.5) is 5.69 Å². The minimum atomic E-state index is -0.0201. The highest BCUT2D eigenvalue weighted by molar-refractivity contribution is 14.1. The quantitative estimate of drug-likeness (QED) is 0.492. The Morgan fingerprint density at radius 3 is 2.81 bits per heavy atom. The van der Waals surface area contributed by atoms with Crippen LogP contribution in [0.25, 0.3) is 0 Å². The Labute approximate surface area is 147 Å². The van der Waals surface area contributed by atoms with E-state index < -0.39 is 0 Å². The Bertz CT molecular complexity index is 659. The molecule has 5 heteroatoms. The van der Waals surface area contributed by atoms with E-state index >= 15 is 0 Å². The molecule has 0 fully saturated rings. The molecule has 0 aliphatic heterocycles. The van der Waals surface area contributed by atoms with E-state index in [2.05, 4.69) is 34.0 Å². The van der Waals surface area contributed by atoms with Crippen LogP contribution in [-0.2, 0) is 12.8 Å². The fourth-order valence-corrected chi connectivity index (χ4v) is 4.71. The molecule has 0 saturated carbocycles. The molecule has 1 aromatic heterocycles. The summed E-state index contributed by atoms with van der Waals surface area (Å²) in [4.78, 5) is 14.6. The maximum Gasteiger partial charge on any atom is 0.265 e. The number of carbonyl (C=O) groups is 1. The van der Waals surface area contributed by atoms with Crippen LogP contribution in [0.15, 0.2) is 24.3 Å². The zero-order chi connectivity index (χ0) is 14.8. The smallest absolute Gasteiger partial charge is 0.265 e. The molecule has 1 N–H and O–H groups in total. The van der Waals surface area contributed by atoms with E-state index in [0.29, 0.717) is 5.02 Å². The zero-order valence-corrected chi connectivity index (χ0v) is 15.1. The third kappa shape index (κ3) is 3.60. The SMILES string of the molecule is O=C(Nc1ccc(Cl)cc1I)c1cc2c(s1)CCCCC2. The third-order valence-corrected chi connectivity index (χ3v) is 6.01. The van der Waals surface area contributed by atoms with Crippen LogP contribution in [0.1, 0.15) is 39.4 Å². The fraction of sp³-hybridized carbons (Fsp3) is 0.312. The van der Waals surface area contributed by atoms with E-state index in [1.54, 1.807) is 17.4 Å². The molecule has 3 rings (SSSR count). The molecule has 1 heterocycles. The average molecular weight is 432 g/mol. The van der Waals surface area contributed by atoms with Crippen LogP contribution in [0.3, 0.4) is 0 Å². The van der Waals surface area contributed by atoms with E-state index in [-0.39, 0.29) is 5.91 Å². The molecule has 1 aliphatic rings. The summed E-state index contributed by atoms with van der Waals surface area (Å²) in [6.45, 7) is 0. The largest absolute Gasteiger partial charge is 0.320 e. The van der Waals surface area contributed by atoms with Crippen LogP contribution >= 0.6 is 45.5 Å². The Balaban J connectivity index is 1.79. The molecule has 0 spiro atoms. The van der Waals surface area contributed by atoms with Crippen LogP contribution in [0, 0.1) is 3.57 Å². The first-order valence-corrected chi connectivity index (χ1v) is 9.29. The minimum absolute atomic E-state index is 0.0201. The molecule has 0 unspecified atom stereocenters. The molecule has 21 heavy (non-hydrogen) atoms. The predicted octanol–water partition coefficient (Wildman–Crippen LogP) is 5.53. The lowest BCUT2D eigenvalue weighted by atomic mass is 10.1. The Kier molecular flexibility index (Phi) is 4.86. The van der Waals surface area contributed by atoms with Gasteiger partial charge in [0.1, 0.15) is 0 Å². The monoisotopic (exact) mass is 431 g/mol. The van der Waals surface area contributed by atoms with E-state index in [1.807, 2.05) is 12.1 Å². The lowest BCUT2D eigenvalue weighted by Gasteiger charge is -2.06. The van der Waals surface area contributed by atoms with Gasteiger partial charge in [-0.25, -0.2) is 0 Å². The van der Waals surface area contributed by atoms with Crippen molar-refractivity contribution < 1.29 is 4.79 Å². The number of anilines is 1. The number of hydrogen-bond acceptors (Lipinski definition) is 2. The number of fused-ring (bicyclic) bond motifs is 1. The first-order chi connectivity index (χ1) is 10.1. The summed E-state index contributed by atoms with van der Waals surface area (Å²) in [5.74, 6) is -0.0201. The highest BCUT2D eigenvalue weighted by atomic mass is 127. The first-order valence-electron chi connectivity index (χ1n) is 7.01. The number of amides is 1. The molecule has 0 saturated heterocycles. The number of aryl methyl sites for hydroxylation is 2. The molecule has 1 aliphatic carbocycles. The normalized spacial score (nSPS) is 14.4. The van der Waals surface area contributed by atoms with Crippen molar-refractivity contribution >= 4 is 57.1 Å². The Morgan fingerprint density at radius 1 is 1.19 bits per heavy atom. The van der Waals surface area contributed by atoms with E-state index in [9.17, 15) is 4.79 Å². The van der Waals surface area contributed by atoms with E-state index in [0.717, 1.165) is 27.0 Å². The molecule has 0 bridgehead atoms. The van der Waals surface area contributed by atoms with Crippen molar-refractivity contribution in [2.45, 2.75) is 32.1 Å². The number of hydrogen-bond donors (Lipinski definition) is 1. The second kappa shape index (κ2) is 6.67. The standard InChI is InChI=1S/C16H15ClINOS/c17-11-6-7-13(12(18)9-11)19-16(20)15-8-10-4-2-1-3-5-14(10)21-15/h6-9H,1-5H2,(H,19,20). The summed E-state index contributed by atoms with van der Waals surface area (Å²) >= 11 is 9.77.